The van der Waals surface area contributed by atoms with Crippen molar-refractivity contribution < 1.29 is 9.21 Å². The summed E-state index contributed by atoms with van der Waals surface area (Å²) in [6.07, 6.45) is 3.68. The number of benzene rings is 1. The van der Waals surface area contributed by atoms with Crippen LogP contribution in [0.2, 0.25) is 0 Å². The lowest BCUT2D eigenvalue weighted by Crippen LogP contribution is -2.29. The highest BCUT2D eigenvalue weighted by molar-refractivity contribution is 5.89. The standard InChI is InChI=1S/C15H18N2O2/c1-2-3-9-16-15(18)17-13-7-4-6-12(11-13)14-8-5-10-19-14/h4-8,10-11H,2-3,9H2,1H3,(H2,16,17,18). The van der Waals surface area contributed by atoms with Crippen molar-refractivity contribution in [2.75, 3.05) is 11.9 Å². The molecule has 2 rings (SSSR count). The maximum absolute atomic E-state index is 11.6. The van der Waals surface area contributed by atoms with Crippen LogP contribution in [0, 0.1) is 0 Å². The first-order valence-corrected chi connectivity index (χ1v) is 6.48. The molecule has 4 nitrogen and oxygen atoms in total. The summed E-state index contributed by atoms with van der Waals surface area (Å²) in [5.41, 5.74) is 1.69. The van der Waals surface area contributed by atoms with Crippen molar-refractivity contribution in [3.63, 3.8) is 0 Å². The Morgan fingerprint density at radius 2 is 2.16 bits per heavy atom. The topological polar surface area (TPSA) is 54.3 Å². The van der Waals surface area contributed by atoms with Crippen molar-refractivity contribution in [2.45, 2.75) is 19.8 Å². The van der Waals surface area contributed by atoms with Crippen LogP contribution in [-0.4, -0.2) is 12.6 Å². The Morgan fingerprint density at radius 1 is 1.26 bits per heavy atom. The first kappa shape index (κ1) is 13.2. The normalized spacial score (nSPS) is 10.2. The lowest BCUT2D eigenvalue weighted by atomic mass is 10.1. The van der Waals surface area contributed by atoms with Crippen LogP contribution in [-0.2, 0) is 0 Å². The summed E-state index contributed by atoms with van der Waals surface area (Å²) in [7, 11) is 0. The average Bonchev–Trinajstić information content (AvgIpc) is 2.93. The highest BCUT2D eigenvalue weighted by atomic mass is 16.3. The van der Waals surface area contributed by atoms with E-state index in [1.54, 1.807) is 6.26 Å². The third-order valence-electron chi connectivity index (χ3n) is 2.74. The zero-order valence-corrected chi connectivity index (χ0v) is 11.0. The van der Waals surface area contributed by atoms with E-state index in [0.29, 0.717) is 6.54 Å². The molecule has 2 N–H and O–H groups in total. The Bertz CT molecular complexity index is 521. The lowest BCUT2D eigenvalue weighted by molar-refractivity contribution is 0.252. The van der Waals surface area contributed by atoms with Crippen LogP contribution in [0.15, 0.2) is 47.1 Å². The molecule has 1 aromatic carbocycles. The zero-order valence-electron chi connectivity index (χ0n) is 11.0. The molecule has 0 bridgehead atoms. The molecule has 0 aliphatic rings. The van der Waals surface area contributed by atoms with Gasteiger partial charge in [-0.3, -0.25) is 0 Å². The summed E-state index contributed by atoms with van der Waals surface area (Å²) in [6, 6.07) is 11.1. The number of nitrogens with one attached hydrogen (secondary N) is 2. The summed E-state index contributed by atoms with van der Waals surface area (Å²) in [6.45, 7) is 2.78. The summed E-state index contributed by atoms with van der Waals surface area (Å²) in [5.74, 6) is 0.787. The molecule has 4 heteroatoms. The molecule has 1 heterocycles. The number of carbonyl (C=O) groups is 1. The molecule has 100 valence electrons. The Balaban J connectivity index is 1.97. The Kier molecular flexibility index (Phi) is 4.61. The van der Waals surface area contributed by atoms with E-state index in [0.717, 1.165) is 29.9 Å². The van der Waals surface area contributed by atoms with E-state index in [9.17, 15) is 4.79 Å². The third-order valence-corrected chi connectivity index (χ3v) is 2.74. The quantitative estimate of drug-likeness (QED) is 0.800. The molecule has 0 saturated heterocycles. The first-order valence-electron chi connectivity index (χ1n) is 6.48. The number of carbonyl (C=O) groups excluding carboxylic acids is 1. The SMILES string of the molecule is CCCCNC(=O)Nc1cccc(-c2ccco2)c1. The predicted octanol–water partition coefficient (Wildman–Crippen LogP) is 3.87. The Hall–Kier alpha value is -2.23. The van der Waals surface area contributed by atoms with Gasteiger partial charge in [0.1, 0.15) is 5.76 Å². The van der Waals surface area contributed by atoms with Crippen LogP contribution in [0.25, 0.3) is 11.3 Å². The van der Waals surface area contributed by atoms with Gasteiger partial charge in [-0.05, 0) is 30.7 Å². The summed E-state index contributed by atoms with van der Waals surface area (Å²) in [4.78, 5) is 11.6. The smallest absolute Gasteiger partial charge is 0.319 e. The molecule has 2 aromatic rings. The van der Waals surface area contributed by atoms with E-state index >= 15 is 0 Å². The number of hydrogen-bond acceptors (Lipinski definition) is 2. The van der Waals surface area contributed by atoms with Crippen molar-refractivity contribution >= 4 is 11.7 Å². The molecule has 19 heavy (non-hydrogen) atoms. The minimum absolute atomic E-state index is 0.176. The van der Waals surface area contributed by atoms with Gasteiger partial charge in [0.05, 0.1) is 6.26 Å². The highest BCUT2D eigenvalue weighted by Gasteiger charge is 2.04. The Morgan fingerprint density at radius 3 is 2.89 bits per heavy atom. The molecule has 0 radical (unpaired) electrons. The van der Waals surface area contributed by atoms with Gasteiger partial charge in [0, 0.05) is 17.8 Å². The number of unbranched alkanes of at least 4 members (excludes halogenated alkanes) is 1. The van der Waals surface area contributed by atoms with Crippen LogP contribution in [0.5, 0.6) is 0 Å². The molecular weight excluding hydrogens is 240 g/mol. The van der Waals surface area contributed by atoms with E-state index < -0.39 is 0 Å². The van der Waals surface area contributed by atoms with Crippen molar-refractivity contribution in [3.8, 4) is 11.3 Å². The van der Waals surface area contributed by atoms with Gasteiger partial charge in [-0.25, -0.2) is 4.79 Å². The maximum Gasteiger partial charge on any atom is 0.319 e. The summed E-state index contributed by atoms with van der Waals surface area (Å²) in [5, 5.41) is 5.62. The van der Waals surface area contributed by atoms with Gasteiger partial charge in [-0.1, -0.05) is 25.5 Å². The van der Waals surface area contributed by atoms with Gasteiger partial charge in [0.15, 0.2) is 0 Å². The molecule has 1 aromatic heterocycles. The van der Waals surface area contributed by atoms with Crippen molar-refractivity contribution in [1.29, 1.82) is 0 Å². The van der Waals surface area contributed by atoms with E-state index in [1.165, 1.54) is 0 Å². The predicted molar refractivity (Wildman–Crippen MR) is 76.1 cm³/mol. The third kappa shape index (κ3) is 3.88. The summed E-state index contributed by atoms with van der Waals surface area (Å²) >= 11 is 0. The van der Waals surface area contributed by atoms with Gasteiger partial charge in [-0.2, -0.15) is 0 Å². The lowest BCUT2D eigenvalue weighted by Gasteiger charge is -2.08. The van der Waals surface area contributed by atoms with Crippen LogP contribution in [0.4, 0.5) is 10.5 Å². The largest absolute Gasteiger partial charge is 0.464 e. The number of amides is 2. The maximum atomic E-state index is 11.6. The molecule has 0 spiro atoms. The number of furan rings is 1. The second-order valence-corrected chi connectivity index (χ2v) is 4.29. The van der Waals surface area contributed by atoms with Gasteiger partial charge < -0.3 is 15.1 Å². The van der Waals surface area contributed by atoms with Crippen LogP contribution >= 0.6 is 0 Å². The number of anilines is 1. The van der Waals surface area contributed by atoms with E-state index in [-0.39, 0.29) is 6.03 Å². The second-order valence-electron chi connectivity index (χ2n) is 4.29. The molecule has 0 fully saturated rings. The fourth-order valence-electron chi connectivity index (χ4n) is 1.75. The fraction of sp³-hybridized carbons (Fsp3) is 0.267. The monoisotopic (exact) mass is 258 g/mol. The minimum atomic E-state index is -0.176. The van der Waals surface area contributed by atoms with Crippen molar-refractivity contribution in [1.82, 2.24) is 5.32 Å². The number of hydrogen-bond donors (Lipinski definition) is 2. The van der Waals surface area contributed by atoms with Gasteiger partial charge in [0.2, 0.25) is 0 Å². The molecular formula is C15H18N2O2. The molecule has 0 aliphatic heterocycles. The molecule has 0 unspecified atom stereocenters. The van der Waals surface area contributed by atoms with Gasteiger partial charge in [-0.15, -0.1) is 0 Å². The highest BCUT2D eigenvalue weighted by Crippen LogP contribution is 2.22. The van der Waals surface area contributed by atoms with Crippen molar-refractivity contribution in [2.24, 2.45) is 0 Å². The second kappa shape index (κ2) is 6.64. The summed E-state index contributed by atoms with van der Waals surface area (Å²) < 4.78 is 5.33. The zero-order chi connectivity index (χ0) is 13.5. The number of rotatable bonds is 5. The van der Waals surface area contributed by atoms with E-state index in [2.05, 4.69) is 17.6 Å². The first-order chi connectivity index (χ1) is 9.29. The van der Waals surface area contributed by atoms with Crippen LogP contribution < -0.4 is 10.6 Å². The average molecular weight is 258 g/mol. The van der Waals surface area contributed by atoms with Crippen LogP contribution in [0.3, 0.4) is 0 Å². The van der Waals surface area contributed by atoms with E-state index in [4.69, 9.17) is 4.42 Å². The van der Waals surface area contributed by atoms with E-state index in [1.807, 2.05) is 36.4 Å². The van der Waals surface area contributed by atoms with Gasteiger partial charge >= 0.3 is 6.03 Å². The van der Waals surface area contributed by atoms with Crippen molar-refractivity contribution in [3.05, 3.63) is 42.7 Å². The van der Waals surface area contributed by atoms with Gasteiger partial charge in [0.25, 0.3) is 0 Å². The number of urea groups is 1. The molecule has 0 saturated carbocycles. The minimum Gasteiger partial charge on any atom is -0.464 e. The molecule has 0 aliphatic carbocycles. The fourth-order valence-corrected chi connectivity index (χ4v) is 1.75. The Labute approximate surface area is 112 Å². The van der Waals surface area contributed by atoms with Crippen LogP contribution in [0.1, 0.15) is 19.8 Å². The molecule has 2 amide bonds. The molecule has 0 atom stereocenters.